The third-order valence-corrected chi connectivity index (χ3v) is 5.41. The van der Waals surface area contributed by atoms with Crippen molar-refractivity contribution in [2.75, 3.05) is 0 Å². The van der Waals surface area contributed by atoms with Crippen molar-refractivity contribution in [3.05, 3.63) is 40.2 Å². The predicted molar refractivity (Wildman–Crippen MR) is 98.8 cm³/mol. The Kier molecular flexibility index (Phi) is 6.00. The summed E-state index contributed by atoms with van der Waals surface area (Å²) in [4.78, 5) is 23.7. The van der Waals surface area contributed by atoms with Crippen molar-refractivity contribution in [1.29, 1.82) is 0 Å². The van der Waals surface area contributed by atoms with Gasteiger partial charge in [-0.15, -0.1) is 10.2 Å². The Morgan fingerprint density at radius 2 is 1.80 bits per heavy atom. The van der Waals surface area contributed by atoms with Crippen LogP contribution in [0.4, 0.5) is 0 Å². The van der Waals surface area contributed by atoms with Crippen LogP contribution < -0.4 is 5.73 Å². The Morgan fingerprint density at radius 1 is 1.16 bits per heavy atom. The molecule has 0 fully saturated rings. The van der Waals surface area contributed by atoms with Gasteiger partial charge in [0, 0.05) is 25.5 Å². The van der Waals surface area contributed by atoms with Crippen molar-refractivity contribution in [2.45, 2.75) is 50.9 Å². The predicted octanol–water partition coefficient (Wildman–Crippen LogP) is 2.52. The highest BCUT2D eigenvalue weighted by atomic mass is 32.2. The molecule has 0 saturated carbocycles. The van der Waals surface area contributed by atoms with E-state index in [1.807, 2.05) is 51.4 Å². The summed E-state index contributed by atoms with van der Waals surface area (Å²) in [6.07, 6.45) is 0.672. The molecule has 1 aromatic carbocycles. The fourth-order valence-electron chi connectivity index (χ4n) is 2.56. The molecule has 0 radical (unpaired) electrons. The van der Waals surface area contributed by atoms with Gasteiger partial charge in [-0.2, -0.15) is 0 Å². The van der Waals surface area contributed by atoms with Crippen LogP contribution in [0.15, 0.2) is 17.3 Å². The van der Waals surface area contributed by atoms with Gasteiger partial charge in [-0.3, -0.25) is 9.59 Å². The smallest absolute Gasteiger partial charge is 0.217 e. The number of primary amides is 1. The Balaban J connectivity index is 2.14. The standard InChI is InChI=1S/C18H24N4O2S/c1-10-8-12(3)14(9-11(10)2)17(24)13(4)25-18-21-20-16(22(18)5)7-6-15(19)23/h8-9,13H,6-7H2,1-5H3,(H2,19,23)/t13-/m1/s1. The maximum Gasteiger partial charge on any atom is 0.217 e. The second-order valence-corrected chi connectivity index (χ2v) is 7.61. The Bertz CT molecular complexity index is 814. The molecule has 134 valence electrons. The van der Waals surface area contributed by atoms with Gasteiger partial charge in [-0.05, 0) is 50.5 Å². The third-order valence-electron chi connectivity index (χ3n) is 4.28. The molecular formula is C18H24N4O2S. The van der Waals surface area contributed by atoms with E-state index in [1.54, 1.807) is 0 Å². The molecule has 0 unspecified atom stereocenters. The minimum atomic E-state index is -0.369. The van der Waals surface area contributed by atoms with Crippen LogP contribution in [-0.4, -0.2) is 31.7 Å². The zero-order chi connectivity index (χ0) is 18.7. The number of carbonyl (C=O) groups is 2. The number of nitrogens with two attached hydrogens (primary N) is 1. The third kappa shape index (κ3) is 4.48. The lowest BCUT2D eigenvalue weighted by molar-refractivity contribution is -0.118. The number of thioether (sulfide) groups is 1. The van der Waals surface area contributed by atoms with Gasteiger partial charge in [0.05, 0.1) is 5.25 Å². The van der Waals surface area contributed by atoms with Gasteiger partial charge >= 0.3 is 0 Å². The van der Waals surface area contributed by atoms with Crippen LogP contribution in [0.3, 0.4) is 0 Å². The summed E-state index contributed by atoms with van der Waals surface area (Å²) in [5.74, 6) is 0.390. The first-order valence-corrected chi connectivity index (χ1v) is 9.04. The molecule has 0 bridgehead atoms. The second-order valence-electron chi connectivity index (χ2n) is 6.30. The van der Waals surface area contributed by atoms with Crippen LogP contribution in [0, 0.1) is 20.8 Å². The fraction of sp³-hybridized carbons (Fsp3) is 0.444. The first kappa shape index (κ1) is 19.2. The summed E-state index contributed by atoms with van der Waals surface area (Å²) in [5.41, 5.74) is 9.20. The van der Waals surface area contributed by atoms with Gasteiger partial charge in [0.25, 0.3) is 0 Å². The molecule has 1 heterocycles. The molecule has 25 heavy (non-hydrogen) atoms. The minimum Gasteiger partial charge on any atom is -0.370 e. The van der Waals surface area contributed by atoms with E-state index in [1.165, 1.54) is 17.3 Å². The number of amides is 1. The number of carbonyl (C=O) groups excluding carboxylic acids is 2. The quantitative estimate of drug-likeness (QED) is 0.605. The van der Waals surface area contributed by atoms with Crippen LogP contribution >= 0.6 is 11.8 Å². The molecule has 1 aromatic heterocycles. The first-order valence-electron chi connectivity index (χ1n) is 8.16. The van der Waals surface area contributed by atoms with Crippen LogP contribution in [0.2, 0.25) is 0 Å². The normalized spacial score (nSPS) is 12.2. The SMILES string of the molecule is Cc1cc(C)c(C(=O)[C@@H](C)Sc2nnc(CCC(N)=O)n2C)cc1C. The van der Waals surface area contributed by atoms with Gasteiger partial charge in [-0.25, -0.2) is 0 Å². The summed E-state index contributed by atoms with van der Waals surface area (Å²) in [6, 6.07) is 4.00. The number of rotatable bonds is 7. The molecule has 0 aliphatic heterocycles. The summed E-state index contributed by atoms with van der Waals surface area (Å²) in [6.45, 7) is 7.89. The summed E-state index contributed by atoms with van der Waals surface area (Å²) in [7, 11) is 1.83. The van der Waals surface area contributed by atoms with Crippen LogP contribution in [0.25, 0.3) is 0 Å². The highest BCUT2D eigenvalue weighted by molar-refractivity contribution is 8.00. The number of benzene rings is 1. The largest absolute Gasteiger partial charge is 0.370 e. The van der Waals surface area contributed by atoms with Crippen molar-refractivity contribution >= 4 is 23.5 Å². The highest BCUT2D eigenvalue weighted by Crippen LogP contribution is 2.26. The fourth-order valence-corrected chi connectivity index (χ4v) is 3.46. The van der Waals surface area contributed by atoms with Crippen molar-refractivity contribution in [3.63, 3.8) is 0 Å². The molecule has 0 saturated heterocycles. The number of Topliss-reactive ketones (excluding diaryl/α,β-unsaturated/α-hetero) is 1. The number of aromatic nitrogens is 3. The molecule has 1 atom stereocenters. The van der Waals surface area contributed by atoms with Crippen LogP contribution in [-0.2, 0) is 18.3 Å². The Hall–Kier alpha value is -2.15. The Labute approximate surface area is 152 Å². The van der Waals surface area contributed by atoms with Gasteiger partial charge in [0.15, 0.2) is 10.9 Å². The molecule has 1 amide bonds. The van der Waals surface area contributed by atoms with E-state index in [0.29, 0.717) is 17.4 Å². The monoisotopic (exact) mass is 360 g/mol. The number of aryl methyl sites for hydroxylation is 4. The first-order chi connectivity index (χ1) is 11.7. The summed E-state index contributed by atoms with van der Waals surface area (Å²) < 4.78 is 1.81. The molecule has 2 rings (SSSR count). The lowest BCUT2D eigenvalue weighted by atomic mass is 9.97. The summed E-state index contributed by atoms with van der Waals surface area (Å²) in [5, 5.41) is 8.59. The molecule has 6 nitrogen and oxygen atoms in total. The van der Waals surface area contributed by atoms with E-state index < -0.39 is 0 Å². The average molecular weight is 360 g/mol. The van der Waals surface area contributed by atoms with E-state index in [2.05, 4.69) is 10.2 Å². The zero-order valence-corrected chi connectivity index (χ0v) is 16.1. The van der Waals surface area contributed by atoms with E-state index in [9.17, 15) is 9.59 Å². The number of hydrogen-bond acceptors (Lipinski definition) is 5. The number of hydrogen-bond donors (Lipinski definition) is 1. The molecule has 2 aromatic rings. The summed E-state index contributed by atoms with van der Waals surface area (Å²) >= 11 is 1.37. The van der Waals surface area contributed by atoms with Crippen molar-refractivity contribution in [3.8, 4) is 0 Å². The van der Waals surface area contributed by atoms with E-state index in [0.717, 1.165) is 16.7 Å². The highest BCUT2D eigenvalue weighted by Gasteiger charge is 2.22. The molecule has 0 aliphatic rings. The second kappa shape index (κ2) is 7.82. The van der Waals surface area contributed by atoms with Gasteiger partial charge in [0.1, 0.15) is 5.82 Å². The number of ketones is 1. The van der Waals surface area contributed by atoms with Crippen molar-refractivity contribution < 1.29 is 9.59 Å². The van der Waals surface area contributed by atoms with Gasteiger partial charge in [0.2, 0.25) is 5.91 Å². The zero-order valence-electron chi connectivity index (χ0n) is 15.3. The topological polar surface area (TPSA) is 90.9 Å². The number of nitrogens with zero attached hydrogens (tertiary/aromatic N) is 3. The van der Waals surface area contributed by atoms with Crippen LogP contribution in [0.1, 0.15) is 46.2 Å². The lowest BCUT2D eigenvalue weighted by Gasteiger charge is -2.13. The maximum absolute atomic E-state index is 12.8. The molecule has 7 heteroatoms. The van der Waals surface area contributed by atoms with Gasteiger partial charge < -0.3 is 10.3 Å². The lowest BCUT2D eigenvalue weighted by Crippen LogP contribution is -2.16. The van der Waals surface area contributed by atoms with Crippen molar-refractivity contribution in [2.24, 2.45) is 12.8 Å². The maximum atomic E-state index is 12.8. The van der Waals surface area contributed by atoms with Crippen LogP contribution in [0.5, 0.6) is 0 Å². The molecule has 0 spiro atoms. The minimum absolute atomic E-state index is 0.0762. The molecule has 0 aliphatic carbocycles. The average Bonchev–Trinajstić information content (AvgIpc) is 2.88. The molecular weight excluding hydrogens is 336 g/mol. The Morgan fingerprint density at radius 3 is 2.44 bits per heavy atom. The van der Waals surface area contributed by atoms with E-state index >= 15 is 0 Å². The van der Waals surface area contributed by atoms with Crippen molar-refractivity contribution in [1.82, 2.24) is 14.8 Å². The van der Waals surface area contributed by atoms with E-state index in [-0.39, 0.29) is 23.4 Å². The van der Waals surface area contributed by atoms with E-state index in [4.69, 9.17) is 5.73 Å². The molecule has 2 N–H and O–H groups in total. The van der Waals surface area contributed by atoms with Gasteiger partial charge in [-0.1, -0.05) is 17.8 Å².